The summed E-state index contributed by atoms with van der Waals surface area (Å²) in [7, 11) is 0. The summed E-state index contributed by atoms with van der Waals surface area (Å²) in [6, 6.07) is 8.42. The maximum atomic E-state index is 5.96. The van der Waals surface area contributed by atoms with Gasteiger partial charge in [-0.3, -0.25) is 0 Å². The van der Waals surface area contributed by atoms with Crippen LogP contribution in [0.25, 0.3) is 0 Å². The van der Waals surface area contributed by atoms with Crippen molar-refractivity contribution in [3.63, 3.8) is 0 Å². The second-order valence-corrected chi connectivity index (χ2v) is 5.53. The Kier molecular flexibility index (Phi) is 4.01. The van der Waals surface area contributed by atoms with Gasteiger partial charge in [-0.05, 0) is 31.9 Å². The van der Waals surface area contributed by atoms with Crippen LogP contribution in [0.1, 0.15) is 31.1 Å². The topological polar surface area (TPSA) is 68.2 Å². The van der Waals surface area contributed by atoms with Crippen molar-refractivity contribution < 1.29 is 4.52 Å². The van der Waals surface area contributed by atoms with E-state index in [0.29, 0.717) is 18.3 Å². The van der Waals surface area contributed by atoms with Crippen molar-refractivity contribution in [1.29, 1.82) is 0 Å². The van der Waals surface area contributed by atoms with Crippen molar-refractivity contribution in [3.05, 3.63) is 41.5 Å². The molecule has 1 aromatic heterocycles. The van der Waals surface area contributed by atoms with Crippen molar-refractivity contribution >= 4 is 18.1 Å². The lowest BCUT2D eigenvalue weighted by atomic mass is 10.1. The zero-order chi connectivity index (χ0) is 13.5. The Morgan fingerprint density at radius 2 is 2.10 bits per heavy atom. The summed E-state index contributed by atoms with van der Waals surface area (Å²) in [5.74, 6) is 1.17. The van der Waals surface area contributed by atoms with Crippen LogP contribution < -0.4 is 10.6 Å². The van der Waals surface area contributed by atoms with Crippen molar-refractivity contribution in [1.82, 2.24) is 10.1 Å². The number of para-hydroxylation sites is 1. The Morgan fingerprint density at radius 3 is 2.80 bits per heavy atom. The normalized spacial score (nSPS) is 14.1. The number of hydrogen-bond donors (Lipinski definition) is 1. The van der Waals surface area contributed by atoms with Crippen LogP contribution >= 0.6 is 12.4 Å². The second-order valence-electron chi connectivity index (χ2n) is 5.53. The van der Waals surface area contributed by atoms with E-state index in [1.807, 2.05) is 13.8 Å². The SMILES string of the molecule is CC(C)(N)c1noc(CN2CCc3ccccc32)n1.Cl. The van der Waals surface area contributed by atoms with E-state index in [1.54, 1.807) is 0 Å². The molecular weight excluding hydrogens is 276 g/mol. The summed E-state index contributed by atoms with van der Waals surface area (Å²) >= 11 is 0. The molecule has 20 heavy (non-hydrogen) atoms. The van der Waals surface area contributed by atoms with E-state index in [9.17, 15) is 0 Å². The van der Waals surface area contributed by atoms with Gasteiger partial charge in [0.05, 0.1) is 12.1 Å². The summed E-state index contributed by atoms with van der Waals surface area (Å²) in [6.07, 6.45) is 1.07. The predicted molar refractivity (Wildman–Crippen MR) is 80.0 cm³/mol. The lowest BCUT2D eigenvalue weighted by Crippen LogP contribution is -2.30. The fourth-order valence-electron chi connectivity index (χ4n) is 2.31. The zero-order valence-electron chi connectivity index (χ0n) is 11.7. The third kappa shape index (κ3) is 2.78. The first-order valence-electron chi connectivity index (χ1n) is 6.49. The minimum absolute atomic E-state index is 0. The molecule has 2 heterocycles. The maximum Gasteiger partial charge on any atom is 0.246 e. The monoisotopic (exact) mass is 294 g/mol. The van der Waals surface area contributed by atoms with Crippen LogP contribution in [0.15, 0.2) is 28.8 Å². The van der Waals surface area contributed by atoms with Crippen LogP contribution in [-0.4, -0.2) is 16.7 Å². The Hall–Kier alpha value is -1.59. The molecule has 0 radical (unpaired) electrons. The van der Waals surface area contributed by atoms with Crippen LogP contribution in [0.3, 0.4) is 0 Å². The van der Waals surface area contributed by atoms with Gasteiger partial charge in [0.1, 0.15) is 0 Å². The Balaban J connectivity index is 0.00000147. The number of rotatable bonds is 3. The summed E-state index contributed by atoms with van der Waals surface area (Å²) in [5, 5.41) is 3.95. The quantitative estimate of drug-likeness (QED) is 0.940. The van der Waals surface area contributed by atoms with Gasteiger partial charge < -0.3 is 15.2 Å². The van der Waals surface area contributed by atoms with E-state index in [2.05, 4.69) is 39.3 Å². The van der Waals surface area contributed by atoms with Gasteiger partial charge in [-0.15, -0.1) is 12.4 Å². The number of benzene rings is 1. The van der Waals surface area contributed by atoms with Crippen molar-refractivity contribution in [3.8, 4) is 0 Å². The summed E-state index contributed by atoms with van der Waals surface area (Å²) in [4.78, 5) is 6.63. The van der Waals surface area contributed by atoms with Crippen LogP contribution in [0.2, 0.25) is 0 Å². The standard InChI is InChI=1S/C14H18N4O.ClH/c1-14(2,15)13-16-12(19-17-13)9-18-8-7-10-5-3-4-6-11(10)18;/h3-6H,7-9,15H2,1-2H3;1H. The van der Waals surface area contributed by atoms with E-state index in [0.717, 1.165) is 13.0 Å². The second kappa shape index (κ2) is 5.42. The Morgan fingerprint density at radius 1 is 1.35 bits per heavy atom. The van der Waals surface area contributed by atoms with E-state index in [4.69, 9.17) is 10.3 Å². The van der Waals surface area contributed by atoms with E-state index in [-0.39, 0.29) is 12.4 Å². The molecule has 2 aromatic rings. The molecule has 0 amide bonds. The number of aromatic nitrogens is 2. The number of halogens is 1. The van der Waals surface area contributed by atoms with Gasteiger partial charge >= 0.3 is 0 Å². The number of hydrogen-bond acceptors (Lipinski definition) is 5. The van der Waals surface area contributed by atoms with Gasteiger partial charge in [0.15, 0.2) is 5.82 Å². The molecule has 0 atom stereocenters. The molecule has 0 saturated carbocycles. The van der Waals surface area contributed by atoms with Gasteiger partial charge in [0.2, 0.25) is 5.89 Å². The van der Waals surface area contributed by atoms with Gasteiger partial charge in [0, 0.05) is 12.2 Å². The largest absolute Gasteiger partial charge is 0.362 e. The third-order valence-corrected chi connectivity index (χ3v) is 3.35. The number of fused-ring (bicyclic) bond motifs is 1. The fraction of sp³-hybridized carbons (Fsp3) is 0.429. The van der Waals surface area contributed by atoms with Crippen LogP contribution in [-0.2, 0) is 18.5 Å². The fourth-order valence-corrected chi connectivity index (χ4v) is 2.31. The molecule has 1 aliphatic heterocycles. The highest BCUT2D eigenvalue weighted by molar-refractivity contribution is 5.85. The molecule has 5 nitrogen and oxygen atoms in total. The van der Waals surface area contributed by atoms with Crippen LogP contribution in [0, 0.1) is 0 Å². The molecule has 6 heteroatoms. The first kappa shape index (κ1) is 14.8. The summed E-state index contributed by atoms with van der Waals surface area (Å²) in [6.45, 7) is 5.36. The number of nitrogens with zero attached hydrogens (tertiary/aromatic N) is 3. The van der Waals surface area contributed by atoms with Gasteiger partial charge in [-0.1, -0.05) is 23.4 Å². The smallest absolute Gasteiger partial charge is 0.246 e. The predicted octanol–water partition coefficient (Wildman–Crippen LogP) is 2.25. The maximum absolute atomic E-state index is 5.96. The summed E-state index contributed by atoms with van der Waals surface area (Å²) in [5.41, 5.74) is 8.03. The third-order valence-electron chi connectivity index (χ3n) is 3.35. The zero-order valence-corrected chi connectivity index (χ0v) is 12.5. The van der Waals surface area contributed by atoms with Gasteiger partial charge in [-0.25, -0.2) is 0 Å². The van der Waals surface area contributed by atoms with Gasteiger partial charge in [-0.2, -0.15) is 4.98 Å². The lowest BCUT2D eigenvalue weighted by molar-refractivity contribution is 0.359. The lowest BCUT2D eigenvalue weighted by Gasteiger charge is -2.16. The van der Waals surface area contributed by atoms with E-state index >= 15 is 0 Å². The van der Waals surface area contributed by atoms with Crippen molar-refractivity contribution in [2.24, 2.45) is 5.73 Å². The molecule has 0 aliphatic carbocycles. The van der Waals surface area contributed by atoms with Gasteiger partial charge in [0.25, 0.3) is 0 Å². The number of nitrogens with two attached hydrogens (primary N) is 1. The molecule has 0 saturated heterocycles. The molecule has 1 aliphatic rings. The van der Waals surface area contributed by atoms with E-state index < -0.39 is 5.54 Å². The molecule has 0 fully saturated rings. The molecule has 0 unspecified atom stereocenters. The highest BCUT2D eigenvalue weighted by atomic mass is 35.5. The molecule has 1 aromatic carbocycles. The number of anilines is 1. The van der Waals surface area contributed by atoms with Crippen LogP contribution in [0.4, 0.5) is 5.69 Å². The molecule has 0 spiro atoms. The van der Waals surface area contributed by atoms with E-state index in [1.165, 1.54) is 11.3 Å². The van der Waals surface area contributed by atoms with Crippen molar-refractivity contribution in [2.75, 3.05) is 11.4 Å². The summed E-state index contributed by atoms with van der Waals surface area (Å²) < 4.78 is 5.29. The minimum Gasteiger partial charge on any atom is -0.362 e. The van der Waals surface area contributed by atoms with Crippen molar-refractivity contribution in [2.45, 2.75) is 32.4 Å². The highest BCUT2D eigenvalue weighted by Crippen LogP contribution is 2.28. The average Bonchev–Trinajstić information content (AvgIpc) is 2.97. The molecule has 3 rings (SSSR count). The molecule has 2 N–H and O–H groups in total. The Labute approximate surface area is 124 Å². The first-order valence-corrected chi connectivity index (χ1v) is 6.49. The Bertz CT molecular complexity index is 591. The molecular formula is C14H19ClN4O. The molecule has 0 bridgehead atoms. The molecule has 108 valence electrons. The highest BCUT2D eigenvalue weighted by Gasteiger charge is 2.24. The first-order chi connectivity index (χ1) is 9.04. The average molecular weight is 295 g/mol. The van der Waals surface area contributed by atoms with Crippen LogP contribution in [0.5, 0.6) is 0 Å². The minimum atomic E-state index is -0.565.